The molecule has 7 heteroatoms. The molecule has 1 aromatic heterocycles. The Kier molecular flexibility index (Phi) is 6.75. The second-order valence-electron chi connectivity index (χ2n) is 6.05. The summed E-state index contributed by atoms with van der Waals surface area (Å²) in [7, 11) is 0. The van der Waals surface area contributed by atoms with E-state index in [0.717, 1.165) is 34.7 Å². The van der Waals surface area contributed by atoms with E-state index in [9.17, 15) is 4.79 Å². The zero-order valence-corrected chi connectivity index (χ0v) is 16.6. The van der Waals surface area contributed by atoms with E-state index in [4.69, 9.17) is 4.74 Å². The molecular formula is C21H22N4O2S. The molecule has 144 valence electrons. The lowest BCUT2D eigenvalue weighted by Gasteiger charge is -2.07. The molecule has 0 spiro atoms. The Morgan fingerprint density at radius 2 is 2.00 bits per heavy atom. The minimum Gasteiger partial charge on any atom is -0.493 e. The third-order valence-electron chi connectivity index (χ3n) is 3.75. The summed E-state index contributed by atoms with van der Waals surface area (Å²) >= 11 is 1.48. The van der Waals surface area contributed by atoms with Crippen LogP contribution in [0.4, 0.5) is 10.8 Å². The summed E-state index contributed by atoms with van der Waals surface area (Å²) in [6.07, 6.45) is 2.69. The van der Waals surface area contributed by atoms with Crippen LogP contribution in [-0.2, 0) is 4.79 Å². The number of hydrogen-bond donors (Lipinski definition) is 2. The van der Waals surface area contributed by atoms with Crippen LogP contribution in [0.5, 0.6) is 5.75 Å². The fourth-order valence-corrected chi connectivity index (χ4v) is 3.14. The van der Waals surface area contributed by atoms with Crippen LogP contribution in [0.1, 0.15) is 25.8 Å². The molecule has 0 saturated carbocycles. The second kappa shape index (κ2) is 9.66. The lowest BCUT2D eigenvalue weighted by Crippen LogP contribution is -2.05. The fraction of sp³-hybridized carbons (Fsp3) is 0.190. The maximum atomic E-state index is 11.1. The summed E-state index contributed by atoms with van der Waals surface area (Å²) in [6.45, 7) is 4.24. The lowest BCUT2D eigenvalue weighted by molar-refractivity contribution is -0.114. The van der Waals surface area contributed by atoms with E-state index in [-0.39, 0.29) is 5.91 Å². The van der Waals surface area contributed by atoms with Gasteiger partial charge in [0.1, 0.15) is 5.75 Å². The SMILES string of the molecule is CCCOc1ccccc1/C=N\Nc1nc(-c2ccc(NC(C)=O)cc2)cs1. The van der Waals surface area contributed by atoms with E-state index in [1.54, 1.807) is 6.21 Å². The van der Waals surface area contributed by atoms with E-state index in [0.29, 0.717) is 11.7 Å². The van der Waals surface area contributed by atoms with Crippen molar-refractivity contribution in [3.05, 3.63) is 59.5 Å². The van der Waals surface area contributed by atoms with E-state index >= 15 is 0 Å². The molecule has 0 fully saturated rings. The molecule has 3 aromatic rings. The fourth-order valence-electron chi connectivity index (χ4n) is 2.47. The average molecular weight is 395 g/mol. The Morgan fingerprint density at radius 3 is 2.75 bits per heavy atom. The van der Waals surface area contributed by atoms with Gasteiger partial charge in [0.15, 0.2) is 0 Å². The number of thiazole rings is 1. The maximum absolute atomic E-state index is 11.1. The van der Waals surface area contributed by atoms with Crippen molar-refractivity contribution in [1.29, 1.82) is 0 Å². The van der Waals surface area contributed by atoms with Gasteiger partial charge >= 0.3 is 0 Å². The monoisotopic (exact) mass is 394 g/mol. The van der Waals surface area contributed by atoms with Gasteiger partial charge in [-0.1, -0.05) is 31.2 Å². The van der Waals surface area contributed by atoms with Crippen LogP contribution in [0, 0.1) is 0 Å². The quantitative estimate of drug-likeness (QED) is 0.416. The number of ether oxygens (including phenoxy) is 1. The van der Waals surface area contributed by atoms with Gasteiger partial charge in [-0.2, -0.15) is 5.10 Å². The summed E-state index contributed by atoms with van der Waals surface area (Å²) in [6, 6.07) is 15.3. The number of anilines is 2. The topological polar surface area (TPSA) is 75.6 Å². The van der Waals surface area contributed by atoms with Gasteiger partial charge in [-0.05, 0) is 30.7 Å². The number of hydrogen-bond acceptors (Lipinski definition) is 6. The minimum atomic E-state index is -0.0903. The first-order chi connectivity index (χ1) is 13.7. The summed E-state index contributed by atoms with van der Waals surface area (Å²) in [5, 5.41) is 9.69. The molecule has 0 radical (unpaired) electrons. The molecule has 0 saturated heterocycles. The Balaban J connectivity index is 1.64. The molecule has 0 atom stereocenters. The molecule has 0 aliphatic heterocycles. The molecule has 0 bridgehead atoms. The number of benzene rings is 2. The first kappa shape index (κ1) is 19.6. The van der Waals surface area contributed by atoms with E-state index in [2.05, 4.69) is 27.8 Å². The number of carbonyl (C=O) groups is 1. The number of nitrogens with zero attached hydrogens (tertiary/aromatic N) is 2. The lowest BCUT2D eigenvalue weighted by atomic mass is 10.1. The van der Waals surface area contributed by atoms with E-state index < -0.39 is 0 Å². The van der Waals surface area contributed by atoms with Gasteiger partial charge in [-0.25, -0.2) is 4.98 Å². The number of para-hydroxylation sites is 1. The van der Waals surface area contributed by atoms with Gasteiger partial charge in [0, 0.05) is 29.1 Å². The van der Waals surface area contributed by atoms with Crippen molar-refractivity contribution in [2.75, 3.05) is 17.3 Å². The molecule has 2 N–H and O–H groups in total. The Hall–Kier alpha value is -3.19. The molecule has 6 nitrogen and oxygen atoms in total. The largest absolute Gasteiger partial charge is 0.493 e. The van der Waals surface area contributed by atoms with E-state index in [1.165, 1.54) is 18.3 Å². The molecule has 28 heavy (non-hydrogen) atoms. The summed E-state index contributed by atoms with van der Waals surface area (Å²) in [5.74, 6) is 0.724. The predicted molar refractivity (Wildman–Crippen MR) is 115 cm³/mol. The second-order valence-corrected chi connectivity index (χ2v) is 6.91. The molecule has 3 rings (SSSR count). The van der Waals surface area contributed by atoms with Crippen LogP contribution >= 0.6 is 11.3 Å². The van der Waals surface area contributed by atoms with Crippen molar-refractivity contribution < 1.29 is 9.53 Å². The molecular weight excluding hydrogens is 372 g/mol. The molecule has 0 unspecified atom stereocenters. The predicted octanol–water partition coefficient (Wildman–Crippen LogP) is 5.00. The Bertz CT molecular complexity index is 951. The highest BCUT2D eigenvalue weighted by molar-refractivity contribution is 7.14. The summed E-state index contributed by atoms with van der Waals surface area (Å²) < 4.78 is 5.73. The van der Waals surface area contributed by atoms with Gasteiger partial charge in [-0.15, -0.1) is 11.3 Å². The number of aromatic nitrogens is 1. The van der Waals surface area contributed by atoms with Crippen molar-refractivity contribution in [1.82, 2.24) is 4.98 Å². The van der Waals surface area contributed by atoms with Crippen LogP contribution in [0.15, 0.2) is 59.0 Å². The molecule has 1 amide bonds. The van der Waals surface area contributed by atoms with Crippen molar-refractivity contribution in [2.24, 2.45) is 5.10 Å². The number of hydrazone groups is 1. The van der Waals surface area contributed by atoms with E-state index in [1.807, 2.05) is 53.9 Å². The van der Waals surface area contributed by atoms with Crippen molar-refractivity contribution >= 4 is 34.3 Å². The first-order valence-electron chi connectivity index (χ1n) is 9.00. The summed E-state index contributed by atoms with van der Waals surface area (Å²) in [5.41, 5.74) is 6.47. The van der Waals surface area contributed by atoms with Crippen LogP contribution in [0.25, 0.3) is 11.3 Å². The van der Waals surface area contributed by atoms with Gasteiger partial charge in [0.2, 0.25) is 11.0 Å². The van der Waals surface area contributed by atoms with Crippen LogP contribution < -0.4 is 15.5 Å². The first-order valence-corrected chi connectivity index (χ1v) is 9.88. The zero-order valence-electron chi connectivity index (χ0n) is 15.8. The third kappa shape index (κ3) is 5.40. The Labute approximate surface area is 168 Å². The number of nitrogens with one attached hydrogen (secondary N) is 2. The highest BCUT2D eigenvalue weighted by atomic mass is 32.1. The van der Waals surface area contributed by atoms with Crippen LogP contribution in [-0.4, -0.2) is 23.7 Å². The van der Waals surface area contributed by atoms with Crippen molar-refractivity contribution in [3.63, 3.8) is 0 Å². The molecule has 0 aliphatic carbocycles. The van der Waals surface area contributed by atoms with Crippen LogP contribution in [0.2, 0.25) is 0 Å². The number of rotatable bonds is 8. The molecule has 2 aromatic carbocycles. The highest BCUT2D eigenvalue weighted by Crippen LogP contribution is 2.26. The minimum absolute atomic E-state index is 0.0903. The van der Waals surface area contributed by atoms with Crippen LogP contribution in [0.3, 0.4) is 0 Å². The van der Waals surface area contributed by atoms with Gasteiger partial charge in [0.25, 0.3) is 0 Å². The normalized spacial score (nSPS) is 10.8. The average Bonchev–Trinajstić information content (AvgIpc) is 3.16. The third-order valence-corrected chi connectivity index (χ3v) is 4.50. The molecule has 1 heterocycles. The van der Waals surface area contributed by atoms with Crippen molar-refractivity contribution in [3.8, 4) is 17.0 Å². The highest BCUT2D eigenvalue weighted by Gasteiger charge is 2.05. The van der Waals surface area contributed by atoms with Gasteiger partial charge in [-0.3, -0.25) is 10.2 Å². The Morgan fingerprint density at radius 1 is 1.21 bits per heavy atom. The molecule has 0 aliphatic rings. The van der Waals surface area contributed by atoms with Crippen molar-refractivity contribution in [2.45, 2.75) is 20.3 Å². The number of amides is 1. The summed E-state index contributed by atoms with van der Waals surface area (Å²) in [4.78, 5) is 15.6. The maximum Gasteiger partial charge on any atom is 0.221 e. The van der Waals surface area contributed by atoms with Gasteiger partial charge < -0.3 is 10.1 Å². The number of carbonyl (C=O) groups excluding carboxylic acids is 1. The standard InChI is InChI=1S/C21H22N4O2S/c1-3-12-27-20-7-5-4-6-17(20)13-22-25-21-24-19(14-28-21)16-8-10-18(11-9-16)23-15(2)26/h4-11,13-14H,3,12H2,1-2H3,(H,23,26)(H,24,25)/b22-13-. The smallest absolute Gasteiger partial charge is 0.221 e. The zero-order chi connectivity index (χ0) is 19.8. The van der Waals surface area contributed by atoms with Gasteiger partial charge in [0.05, 0.1) is 18.5 Å².